The molecule has 0 saturated carbocycles. The van der Waals surface area contributed by atoms with Gasteiger partial charge in [-0.15, -0.1) is 0 Å². The molecule has 0 N–H and O–H groups in total. The molecular formula is C13H26N2O3Si. The molecule has 0 aromatic carbocycles. The molecule has 0 bridgehead atoms. The fourth-order valence-corrected chi connectivity index (χ4v) is 4.63. The Kier molecular flexibility index (Phi) is 6.71. The smallest absolute Gasteiger partial charge is 0.374 e. The molecule has 1 rings (SSSR count). The van der Waals surface area contributed by atoms with E-state index >= 15 is 0 Å². The number of nitrogens with zero attached hydrogens (tertiary/aromatic N) is 2. The third-order valence-electron chi connectivity index (χ3n) is 2.83. The van der Waals surface area contributed by atoms with Gasteiger partial charge in [0.05, 0.1) is 5.69 Å². The normalized spacial score (nSPS) is 12.1. The molecule has 0 amide bonds. The van der Waals surface area contributed by atoms with Crippen LogP contribution in [0.2, 0.25) is 6.04 Å². The van der Waals surface area contributed by atoms with Gasteiger partial charge in [0.15, 0.2) is 0 Å². The van der Waals surface area contributed by atoms with Crippen LogP contribution in [0.4, 0.5) is 0 Å². The summed E-state index contributed by atoms with van der Waals surface area (Å²) in [6.45, 7) is 12.6. The van der Waals surface area contributed by atoms with Gasteiger partial charge in [-0.25, -0.2) is 0 Å². The highest BCUT2D eigenvalue weighted by Gasteiger charge is 2.40. The molecule has 6 heteroatoms. The third-order valence-corrected chi connectivity index (χ3v) is 5.85. The molecule has 110 valence electrons. The molecular weight excluding hydrogens is 260 g/mol. The van der Waals surface area contributed by atoms with Crippen molar-refractivity contribution in [2.24, 2.45) is 0 Å². The van der Waals surface area contributed by atoms with E-state index in [0.29, 0.717) is 19.8 Å². The number of aromatic nitrogens is 2. The van der Waals surface area contributed by atoms with Crippen LogP contribution in [0.5, 0.6) is 0 Å². The van der Waals surface area contributed by atoms with Gasteiger partial charge < -0.3 is 13.3 Å². The Morgan fingerprint density at radius 2 is 1.58 bits per heavy atom. The van der Waals surface area contributed by atoms with Crippen LogP contribution in [0.3, 0.4) is 0 Å². The molecule has 0 unspecified atom stereocenters. The summed E-state index contributed by atoms with van der Waals surface area (Å²) in [6.07, 6.45) is 0. The van der Waals surface area contributed by atoms with E-state index in [9.17, 15) is 0 Å². The molecule has 0 fully saturated rings. The van der Waals surface area contributed by atoms with Gasteiger partial charge in [-0.2, -0.15) is 5.10 Å². The van der Waals surface area contributed by atoms with Gasteiger partial charge in [-0.1, -0.05) is 0 Å². The first kappa shape index (κ1) is 16.4. The molecule has 0 spiro atoms. The van der Waals surface area contributed by atoms with Crippen LogP contribution in [-0.2, 0) is 19.8 Å². The predicted molar refractivity (Wildman–Crippen MR) is 77.1 cm³/mol. The zero-order chi connectivity index (χ0) is 14.3. The van der Waals surface area contributed by atoms with Gasteiger partial charge in [0.1, 0.15) is 0 Å². The van der Waals surface area contributed by atoms with Crippen LogP contribution in [0.1, 0.15) is 32.2 Å². The van der Waals surface area contributed by atoms with Gasteiger partial charge in [-0.3, -0.25) is 4.68 Å². The highest BCUT2D eigenvalue weighted by atomic mass is 28.4. The summed E-state index contributed by atoms with van der Waals surface area (Å²) >= 11 is 0. The molecule has 5 nitrogen and oxygen atoms in total. The first-order valence-electron chi connectivity index (χ1n) is 6.99. The molecule has 1 heterocycles. The topological polar surface area (TPSA) is 45.5 Å². The molecule has 0 aliphatic heterocycles. The van der Waals surface area contributed by atoms with Crippen molar-refractivity contribution in [3.63, 3.8) is 0 Å². The highest BCUT2D eigenvalue weighted by Crippen LogP contribution is 2.17. The average Bonchev–Trinajstić information content (AvgIpc) is 2.66. The van der Waals surface area contributed by atoms with Crippen LogP contribution in [0.15, 0.2) is 6.07 Å². The number of hydrogen-bond acceptors (Lipinski definition) is 4. The van der Waals surface area contributed by atoms with E-state index in [1.165, 1.54) is 0 Å². The van der Waals surface area contributed by atoms with Crippen molar-refractivity contribution in [1.82, 2.24) is 9.78 Å². The molecule has 0 aliphatic carbocycles. The summed E-state index contributed by atoms with van der Waals surface area (Å²) in [5, 5.41) is 4.47. The summed E-state index contributed by atoms with van der Waals surface area (Å²) in [6, 6.07) is 2.83. The lowest BCUT2D eigenvalue weighted by Crippen LogP contribution is -2.46. The second kappa shape index (κ2) is 7.79. The first-order chi connectivity index (χ1) is 9.06. The van der Waals surface area contributed by atoms with E-state index in [4.69, 9.17) is 13.3 Å². The van der Waals surface area contributed by atoms with Gasteiger partial charge in [0, 0.05) is 38.1 Å². The lowest BCUT2D eigenvalue weighted by Gasteiger charge is -2.28. The van der Waals surface area contributed by atoms with Crippen LogP contribution in [0, 0.1) is 13.8 Å². The molecule has 1 aromatic rings. The van der Waals surface area contributed by atoms with Crippen molar-refractivity contribution in [2.75, 3.05) is 19.8 Å². The van der Waals surface area contributed by atoms with E-state index in [1.807, 2.05) is 32.4 Å². The van der Waals surface area contributed by atoms with E-state index in [0.717, 1.165) is 24.0 Å². The highest BCUT2D eigenvalue weighted by molar-refractivity contribution is 6.60. The Labute approximate surface area is 117 Å². The Balaban J connectivity index is 2.73. The summed E-state index contributed by atoms with van der Waals surface area (Å²) < 4.78 is 19.5. The molecule has 0 radical (unpaired) electrons. The molecule has 0 atom stereocenters. The fourth-order valence-electron chi connectivity index (χ4n) is 2.15. The maximum atomic E-state index is 5.83. The second-order valence-electron chi connectivity index (χ2n) is 4.38. The standard InChI is InChI=1S/C13H26N2O3Si/c1-6-16-19(17-7-2,18-8-3)10-9-15-13(5)11-12(4)14-15/h11H,6-10H2,1-5H3. The lowest BCUT2D eigenvalue weighted by atomic mass is 10.4. The quantitative estimate of drug-likeness (QED) is 0.655. The number of aryl methyl sites for hydroxylation is 3. The van der Waals surface area contributed by atoms with Crippen molar-refractivity contribution in [2.45, 2.75) is 47.2 Å². The van der Waals surface area contributed by atoms with Gasteiger partial charge in [-0.05, 0) is 40.7 Å². The van der Waals surface area contributed by atoms with E-state index in [2.05, 4.69) is 18.1 Å². The fraction of sp³-hybridized carbons (Fsp3) is 0.769. The van der Waals surface area contributed by atoms with Gasteiger partial charge in [0.2, 0.25) is 0 Å². The third kappa shape index (κ3) is 4.72. The van der Waals surface area contributed by atoms with Crippen molar-refractivity contribution in [3.8, 4) is 0 Å². The van der Waals surface area contributed by atoms with Crippen molar-refractivity contribution < 1.29 is 13.3 Å². The van der Waals surface area contributed by atoms with Crippen LogP contribution in [0.25, 0.3) is 0 Å². The molecule has 0 saturated heterocycles. The Bertz CT molecular complexity index is 365. The van der Waals surface area contributed by atoms with Crippen molar-refractivity contribution in [3.05, 3.63) is 17.5 Å². The summed E-state index contributed by atoms with van der Waals surface area (Å²) in [7, 11) is -2.55. The minimum Gasteiger partial charge on any atom is -0.374 e. The Morgan fingerprint density at radius 1 is 1.05 bits per heavy atom. The zero-order valence-electron chi connectivity index (χ0n) is 12.7. The monoisotopic (exact) mass is 286 g/mol. The van der Waals surface area contributed by atoms with Crippen molar-refractivity contribution in [1.29, 1.82) is 0 Å². The Morgan fingerprint density at radius 3 is 1.95 bits per heavy atom. The predicted octanol–water partition coefficient (Wildman–Crippen LogP) is 2.55. The molecule has 1 aromatic heterocycles. The van der Waals surface area contributed by atoms with Crippen molar-refractivity contribution >= 4 is 8.80 Å². The average molecular weight is 286 g/mol. The minimum atomic E-state index is -2.55. The number of hydrogen-bond donors (Lipinski definition) is 0. The lowest BCUT2D eigenvalue weighted by molar-refractivity contribution is 0.0699. The minimum absolute atomic E-state index is 0.614. The first-order valence-corrected chi connectivity index (χ1v) is 8.93. The van der Waals surface area contributed by atoms with Gasteiger partial charge >= 0.3 is 8.80 Å². The largest absolute Gasteiger partial charge is 0.502 e. The Hall–Kier alpha value is -0.693. The van der Waals surface area contributed by atoms with Gasteiger partial charge in [0.25, 0.3) is 0 Å². The maximum absolute atomic E-state index is 5.83. The molecule has 0 aliphatic rings. The van der Waals surface area contributed by atoms with Crippen LogP contribution >= 0.6 is 0 Å². The van der Waals surface area contributed by atoms with Crippen LogP contribution in [-0.4, -0.2) is 38.4 Å². The molecule has 19 heavy (non-hydrogen) atoms. The van der Waals surface area contributed by atoms with E-state index in [-0.39, 0.29) is 0 Å². The van der Waals surface area contributed by atoms with E-state index < -0.39 is 8.80 Å². The maximum Gasteiger partial charge on any atom is 0.502 e. The van der Waals surface area contributed by atoms with E-state index in [1.54, 1.807) is 0 Å². The number of rotatable bonds is 9. The van der Waals surface area contributed by atoms with Crippen LogP contribution < -0.4 is 0 Å². The SMILES string of the molecule is CCO[Si](CCn1nc(C)cc1C)(OCC)OCC. The summed E-state index contributed by atoms with van der Waals surface area (Å²) in [5.74, 6) is 0. The zero-order valence-corrected chi connectivity index (χ0v) is 13.7. The summed E-state index contributed by atoms with van der Waals surface area (Å²) in [5.41, 5.74) is 2.19. The summed E-state index contributed by atoms with van der Waals surface area (Å²) in [4.78, 5) is 0. The second-order valence-corrected chi connectivity index (χ2v) is 7.11.